The summed E-state index contributed by atoms with van der Waals surface area (Å²) >= 11 is 0. The van der Waals surface area contributed by atoms with Crippen LogP contribution in [0.15, 0.2) is 126 Å². The van der Waals surface area contributed by atoms with E-state index in [1.54, 1.807) is 24.1 Å². The van der Waals surface area contributed by atoms with Crippen molar-refractivity contribution >= 4 is 42.4 Å². The van der Waals surface area contributed by atoms with Crippen LogP contribution in [0.25, 0.3) is 0 Å². The van der Waals surface area contributed by atoms with Crippen molar-refractivity contribution in [1.82, 2.24) is 4.90 Å². The molecule has 1 saturated heterocycles. The summed E-state index contributed by atoms with van der Waals surface area (Å²) in [7, 11) is -0.924. The molecule has 4 aromatic rings. The monoisotopic (exact) mass is 813 g/mol. The van der Waals surface area contributed by atoms with Gasteiger partial charge in [0.1, 0.15) is 5.75 Å². The Balaban J connectivity index is 1.44. The zero-order valence-corrected chi connectivity index (χ0v) is 36.5. The third-order valence-corrected chi connectivity index (χ3v) is 16.5. The third kappa shape index (κ3) is 9.30. The smallest absolute Gasteiger partial charge is 0.264 e. The zero-order valence-electron chi connectivity index (χ0n) is 35.5. The van der Waals surface area contributed by atoms with Gasteiger partial charge in [0.25, 0.3) is 11.8 Å². The highest BCUT2D eigenvalue weighted by molar-refractivity contribution is 6.91. The minimum Gasteiger partial charge on any atom is -0.497 e. The highest BCUT2D eigenvalue weighted by Crippen LogP contribution is 2.60. The zero-order chi connectivity index (χ0) is 42.3. The van der Waals surface area contributed by atoms with Crippen LogP contribution in [0.5, 0.6) is 5.75 Å². The minimum absolute atomic E-state index is 0.0343. The quantitative estimate of drug-likeness (QED) is 0.0867. The predicted molar refractivity (Wildman–Crippen MR) is 239 cm³/mol. The Kier molecular flexibility index (Phi) is 13.8. The van der Waals surface area contributed by atoms with Crippen LogP contribution in [-0.4, -0.2) is 68.7 Å². The lowest BCUT2D eigenvalue weighted by Gasteiger charge is -2.37. The van der Waals surface area contributed by atoms with E-state index in [2.05, 4.69) is 70.4 Å². The maximum atomic E-state index is 15.4. The summed E-state index contributed by atoms with van der Waals surface area (Å²) in [6, 6.07) is 32.6. The maximum Gasteiger partial charge on any atom is 0.264 e. The average molecular weight is 814 g/mol. The Bertz CT molecular complexity index is 2170. The molecule has 310 valence electrons. The number of hydrogen-bond acceptors (Lipinski definition) is 6. The van der Waals surface area contributed by atoms with Crippen LogP contribution >= 0.6 is 0 Å². The molecule has 9 nitrogen and oxygen atoms in total. The van der Waals surface area contributed by atoms with E-state index < -0.39 is 19.8 Å². The van der Waals surface area contributed by atoms with Crippen LogP contribution in [0.2, 0.25) is 18.6 Å². The Morgan fingerprint density at radius 2 is 1.63 bits per heavy atom. The van der Waals surface area contributed by atoms with E-state index in [1.165, 1.54) is 11.1 Å². The first-order valence-electron chi connectivity index (χ1n) is 20.7. The number of carbonyl (C=O) groups is 3. The molecule has 0 aromatic heterocycles. The number of amides is 3. The number of hydrogen-bond donors (Lipinski definition) is 2. The van der Waals surface area contributed by atoms with E-state index in [1.807, 2.05) is 83.8 Å². The number of methoxy groups -OCH3 is 1. The molecular formula is C49H59N3O6Si. The highest BCUT2D eigenvalue weighted by atomic mass is 28.3. The topological polar surface area (TPSA) is 108 Å². The van der Waals surface area contributed by atoms with Gasteiger partial charge in [0, 0.05) is 42.4 Å². The van der Waals surface area contributed by atoms with Gasteiger partial charge in [-0.3, -0.25) is 14.4 Å². The molecule has 0 saturated carbocycles. The largest absolute Gasteiger partial charge is 0.497 e. The molecule has 10 heteroatoms. The van der Waals surface area contributed by atoms with E-state index in [0.29, 0.717) is 29.9 Å². The van der Waals surface area contributed by atoms with Crippen LogP contribution < -0.4 is 20.1 Å². The molecule has 4 aromatic carbocycles. The molecule has 1 fully saturated rings. The number of carbonyl (C=O) groups excluding carboxylic acids is 3. The minimum atomic E-state index is -2.57. The Labute approximate surface area is 350 Å². The fourth-order valence-electron chi connectivity index (χ4n) is 9.02. The lowest BCUT2D eigenvalue weighted by Crippen LogP contribution is -2.52. The lowest BCUT2D eigenvalue weighted by atomic mass is 9.82. The van der Waals surface area contributed by atoms with Gasteiger partial charge in [0.05, 0.1) is 40.0 Å². The number of aliphatic hydroxyl groups excluding tert-OH is 1. The van der Waals surface area contributed by atoms with Crippen LogP contribution in [0.3, 0.4) is 0 Å². The summed E-state index contributed by atoms with van der Waals surface area (Å²) in [5.41, 5.74) is 4.29. The first-order chi connectivity index (χ1) is 28.3. The molecule has 3 amide bonds. The first-order valence-corrected chi connectivity index (χ1v) is 23.7. The van der Waals surface area contributed by atoms with Gasteiger partial charge in [-0.05, 0) is 87.2 Å². The van der Waals surface area contributed by atoms with Crippen molar-refractivity contribution in [2.45, 2.75) is 83.8 Å². The van der Waals surface area contributed by atoms with Gasteiger partial charge in [-0.1, -0.05) is 109 Å². The standard InChI is InChI=1S/C49H59N3O6Si/c1-34(2)15-14-16-35(3)27-28-52-43-26-21-39(50-47(55)38-19-12-9-13-20-38)31-42(43)49(48(52)56)36(4)46(59(6,7)41-24-22-40(57-5)23-25-41)44(58-49)32-45(54)51(29-30-53)33-37-17-10-8-11-18-37/h8-13,15,17-27,31,36,44,46,53H,14,16,28-30,32-33H2,1-7H3,(H,50,55)/b35-27+/t36-,44+,46-,49+/m0/s1. The van der Waals surface area contributed by atoms with Crippen molar-refractivity contribution in [3.63, 3.8) is 0 Å². The second-order valence-corrected chi connectivity index (χ2v) is 21.4. The number of nitrogens with one attached hydrogen (secondary N) is 1. The van der Waals surface area contributed by atoms with Crippen LogP contribution in [0, 0.1) is 5.92 Å². The molecular weight excluding hydrogens is 755 g/mol. The van der Waals surface area contributed by atoms with Crippen LogP contribution in [0.1, 0.15) is 68.4 Å². The number of benzene rings is 4. The predicted octanol–water partition coefficient (Wildman–Crippen LogP) is 8.61. The fraction of sp³-hybridized carbons (Fsp3) is 0.367. The second kappa shape index (κ2) is 18.7. The molecule has 2 N–H and O–H groups in total. The molecule has 0 aliphatic carbocycles. The van der Waals surface area contributed by atoms with Crippen molar-refractivity contribution in [3.05, 3.63) is 143 Å². The van der Waals surface area contributed by atoms with Crippen molar-refractivity contribution in [2.24, 2.45) is 5.92 Å². The molecule has 2 heterocycles. The van der Waals surface area contributed by atoms with Gasteiger partial charge in [-0.25, -0.2) is 0 Å². The number of aliphatic hydroxyl groups is 1. The van der Waals surface area contributed by atoms with Crippen molar-refractivity contribution in [1.29, 1.82) is 0 Å². The maximum absolute atomic E-state index is 15.4. The van der Waals surface area contributed by atoms with Gasteiger partial charge in [0.15, 0.2) is 5.60 Å². The van der Waals surface area contributed by atoms with E-state index in [0.717, 1.165) is 35.0 Å². The molecule has 0 radical (unpaired) electrons. The summed E-state index contributed by atoms with van der Waals surface area (Å²) in [5.74, 6) is -0.182. The van der Waals surface area contributed by atoms with E-state index in [-0.39, 0.29) is 48.8 Å². The average Bonchev–Trinajstić information content (AvgIpc) is 3.65. The van der Waals surface area contributed by atoms with E-state index >= 15 is 4.79 Å². The Morgan fingerprint density at radius 1 is 0.949 bits per heavy atom. The first kappa shape index (κ1) is 43.3. The molecule has 2 aliphatic heterocycles. The van der Waals surface area contributed by atoms with Crippen molar-refractivity contribution < 1.29 is 29.0 Å². The summed E-state index contributed by atoms with van der Waals surface area (Å²) in [4.78, 5) is 46.8. The van der Waals surface area contributed by atoms with Gasteiger partial charge >= 0.3 is 0 Å². The molecule has 1 spiro atoms. The number of rotatable bonds is 16. The SMILES string of the molecule is COc1ccc([Si](C)(C)[C@@H]2[C@@H](CC(=O)N(CCO)Cc3ccccc3)O[C@]3(C(=O)N(C/C=C(\C)CCC=C(C)C)c4ccc(NC(=O)c5ccccc5)cc43)[C@H]2C)cc1. The molecule has 4 atom stereocenters. The number of ether oxygens (including phenoxy) is 2. The Hall–Kier alpha value is -5.29. The number of nitrogens with zero attached hydrogens (tertiary/aromatic N) is 2. The van der Waals surface area contributed by atoms with E-state index in [4.69, 9.17) is 9.47 Å². The van der Waals surface area contributed by atoms with Crippen LogP contribution in [-0.2, 0) is 26.5 Å². The van der Waals surface area contributed by atoms with Crippen LogP contribution in [0.4, 0.5) is 11.4 Å². The Morgan fingerprint density at radius 3 is 2.27 bits per heavy atom. The van der Waals surface area contributed by atoms with Gasteiger partial charge in [-0.2, -0.15) is 0 Å². The summed E-state index contributed by atoms with van der Waals surface area (Å²) in [6.07, 6.45) is 5.55. The molecule has 59 heavy (non-hydrogen) atoms. The lowest BCUT2D eigenvalue weighted by molar-refractivity contribution is -0.149. The van der Waals surface area contributed by atoms with E-state index in [9.17, 15) is 14.7 Å². The van der Waals surface area contributed by atoms with Gasteiger partial charge in [0.2, 0.25) is 5.91 Å². The second-order valence-electron chi connectivity index (χ2n) is 16.7. The normalized spacial score (nSPS) is 20.1. The highest BCUT2D eigenvalue weighted by Gasteiger charge is 2.66. The summed E-state index contributed by atoms with van der Waals surface area (Å²) < 4.78 is 12.8. The third-order valence-electron chi connectivity index (χ3n) is 12.2. The fourth-order valence-corrected chi connectivity index (χ4v) is 13.0. The molecule has 2 aliphatic rings. The van der Waals surface area contributed by atoms with Gasteiger partial charge in [-0.15, -0.1) is 0 Å². The van der Waals surface area contributed by atoms with Gasteiger partial charge < -0.3 is 29.7 Å². The molecule has 6 rings (SSSR count). The number of fused-ring (bicyclic) bond motifs is 2. The van der Waals surface area contributed by atoms with Crippen molar-refractivity contribution in [3.8, 4) is 5.75 Å². The molecule has 0 bridgehead atoms. The number of anilines is 2. The summed E-state index contributed by atoms with van der Waals surface area (Å²) in [6.45, 7) is 13.7. The van der Waals surface area contributed by atoms with Crippen molar-refractivity contribution in [2.75, 3.05) is 37.0 Å². The summed E-state index contributed by atoms with van der Waals surface area (Å²) in [5, 5.41) is 14.3. The molecule has 0 unspecified atom stereocenters. The number of allylic oxidation sites excluding steroid dienone is 3.